The molecule has 0 aliphatic rings. The van der Waals surface area contributed by atoms with Crippen LogP contribution in [-0.4, -0.2) is 21.0 Å². The van der Waals surface area contributed by atoms with Gasteiger partial charge in [-0.1, -0.05) is 17.7 Å². The Hall–Kier alpha value is -2.66. The summed E-state index contributed by atoms with van der Waals surface area (Å²) in [6.45, 7) is 0. The number of benzene rings is 1. The van der Waals surface area contributed by atoms with Crippen LogP contribution < -0.4 is 4.74 Å². The Labute approximate surface area is 124 Å². The van der Waals surface area contributed by atoms with Crippen LogP contribution in [0.1, 0.15) is 10.4 Å². The smallest absolute Gasteiger partial charge is 0.337 e. The number of halogens is 1. The first-order valence-electron chi connectivity index (χ1n) is 6.05. The van der Waals surface area contributed by atoms with E-state index in [-0.39, 0.29) is 16.5 Å². The summed E-state index contributed by atoms with van der Waals surface area (Å²) in [5.74, 6) is -0.600. The van der Waals surface area contributed by atoms with Gasteiger partial charge in [0.05, 0.1) is 11.1 Å². The highest BCUT2D eigenvalue weighted by Crippen LogP contribution is 2.30. The number of aromatic carboxylic acids is 1. The molecule has 1 N–H and O–H groups in total. The first-order valence-corrected chi connectivity index (χ1v) is 6.43. The number of carbonyl (C=O) groups is 1. The topological polar surface area (TPSA) is 72.3 Å². The third-order valence-electron chi connectivity index (χ3n) is 2.88. The molecule has 0 amide bonds. The average molecular weight is 301 g/mol. The van der Waals surface area contributed by atoms with E-state index in [2.05, 4.69) is 9.97 Å². The van der Waals surface area contributed by atoms with Gasteiger partial charge in [-0.25, -0.2) is 9.78 Å². The molecule has 0 aliphatic carbocycles. The van der Waals surface area contributed by atoms with Crippen molar-refractivity contribution in [3.8, 4) is 11.6 Å². The second-order valence-corrected chi connectivity index (χ2v) is 4.62. The van der Waals surface area contributed by atoms with E-state index in [1.54, 1.807) is 18.3 Å². The van der Waals surface area contributed by atoms with Gasteiger partial charge in [0.2, 0.25) is 5.88 Å². The summed E-state index contributed by atoms with van der Waals surface area (Å²) in [7, 11) is 0. The Morgan fingerprint density at radius 2 is 2.00 bits per heavy atom. The predicted molar refractivity (Wildman–Crippen MR) is 78.0 cm³/mol. The number of fused-ring (bicyclic) bond motifs is 1. The molecule has 0 saturated heterocycles. The second-order valence-electron chi connectivity index (χ2n) is 4.24. The van der Waals surface area contributed by atoms with E-state index in [1.165, 1.54) is 12.3 Å². The van der Waals surface area contributed by atoms with Crippen molar-refractivity contribution in [3.05, 3.63) is 59.4 Å². The van der Waals surface area contributed by atoms with Gasteiger partial charge in [-0.05, 0) is 24.3 Å². The summed E-state index contributed by atoms with van der Waals surface area (Å²) >= 11 is 5.99. The lowest BCUT2D eigenvalue weighted by Crippen LogP contribution is -2.00. The highest BCUT2D eigenvalue weighted by atomic mass is 35.5. The number of hydrogen-bond donors (Lipinski definition) is 1. The number of nitrogens with zero attached hydrogens (tertiary/aromatic N) is 2. The van der Waals surface area contributed by atoms with Gasteiger partial charge in [0, 0.05) is 23.8 Å². The van der Waals surface area contributed by atoms with E-state index in [0.29, 0.717) is 5.75 Å². The lowest BCUT2D eigenvalue weighted by atomic mass is 10.2. The summed E-state index contributed by atoms with van der Waals surface area (Å²) < 4.78 is 5.56. The van der Waals surface area contributed by atoms with Crippen molar-refractivity contribution in [1.82, 2.24) is 9.97 Å². The summed E-state index contributed by atoms with van der Waals surface area (Å²) in [6, 6.07) is 10.4. The molecule has 0 radical (unpaired) electrons. The Morgan fingerprint density at radius 3 is 2.81 bits per heavy atom. The van der Waals surface area contributed by atoms with Crippen LogP contribution in [0.2, 0.25) is 5.02 Å². The molecular weight excluding hydrogens is 292 g/mol. The van der Waals surface area contributed by atoms with Crippen LogP contribution >= 0.6 is 11.6 Å². The SMILES string of the molecule is O=C(O)c1ccnc(Oc2ccc3cccnc3c2)c1Cl. The van der Waals surface area contributed by atoms with Gasteiger partial charge in [0.25, 0.3) is 0 Å². The molecule has 0 bridgehead atoms. The number of ether oxygens (including phenoxy) is 1. The maximum Gasteiger partial charge on any atom is 0.337 e. The molecule has 0 spiro atoms. The van der Waals surface area contributed by atoms with Crippen LogP contribution in [0.25, 0.3) is 10.9 Å². The van der Waals surface area contributed by atoms with Crippen molar-refractivity contribution < 1.29 is 14.6 Å². The van der Waals surface area contributed by atoms with Crippen LogP contribution in [0.5, 0.6) is 11.6 Å². The lowest BCUT2D eigenvalue weighted by Gasteiger charge is -2.08. The molecule has 0 aliphatic heterocycles. The molecular formula is C15H9ClN2O3. The van der Waals surface area contributed by atoms with Crippen molar-refractivity contribution in [1.29, 1.82) is 0 Å². The molecule has 0 saturated carbocycles. The van der Waals surface area contributed by atoms with E-state index in [1.807, 2.05) is 18.2 Å². The molecule has 0 unspecified atom stereocenters. The van der Waals surface area contributed by atoms with Crippen molar-refractivity contribution in [3.63, 3.8) is 0 Å². The number of aromatic nitrogens is 2. The van der Waals surface area contributed by atoms with E-state index < -0.39 is 5.97 Å². The third-order valence-corrected chi connectivity index (χ3v) is 3.24. The lowest BCUT2D eigenvalue weighted by molar-refractivity contribution is 0.0696. The van der Waals surface area contributed by atoms with Crippen LogP contribution in [0.15, 0.2) is 48.8 Å². The van der Waals surface area contributed by atoms with Crippen molar-refractivity contribution >= 4 is 28.5 Å². The van der Waals surface area contributed by atoms with Crippen LogP contribution in [0.3, 0.4) is 0 Å². The molecule has 21 heavy (non-hydrogen) atoms. The maximum absolute atomic E-state index is 11.0. The van der Waals surface area contributed by atoms with Gasteiger partial charge < -0.3 is 9.84 Å². The van der Waals surface area contributed by atoms with Gasteiger partial charge >= 0.3 is 5.97 Å². The Bertz CT molecular complexity index is 836. The maximum atomic E-state index is 11.0. The molecule has 0 fully saturated rings. The highest BCUT2D eigenvalue weighted by Gasteiger charge is 2.15. The fourth-order valence-electron chi connectivity index (χ4n) is 1.88. The van der Waals surface area contributed by atoms with E-state index in [0.717, 1.165) is 10.9 Å². The summed E-state index contributed by atoms with van der Waals surface area (Å²) in [4.78, 5) is 19.2. The third kappa shape index (κ3) is 2.64. The zero-order valence-corrected chi connectivity index (χ0v) is 11.4. The molecule has 6 heteroatoms. The molecule has 2 aromatic heterocycles. The standard InChI is InChI=1S/C15H9ClN2O3/c16-13-11(15(19)20)5-7-18-14(13)21-10-4-3-9-2-1-6-17-12(9)8-10/h1-8H,(H,19,20). The van der Waals surface area contributed by atoms with Crippen molar-refractivity contribution in [2.45, 2.75) is 0 Å². The Morgan fingerprint density at radius 1 is 1.14 bits per heavy atom. The van der Waals surface area contributed by atoms with Crippen LogP contribution in [-0.2, 0) is 0 Å². The molecule has 3 aromatic rings. The van der Waals surface area contributed by atoms with Crippen molar-refractivity contribution in [2.75, 3.05) is 0 Å². The molecule has 5 nitrogen and oxygen atoms in total. The first-order chi connectivity index (χ1) is 10.1. The Balaban J connectivity index is 1.98. The predicted octanol–water partition coefficient (Wildman–Crippen LogP) is 3.77. The molecule has 1 aromatic carbocycles. The zero-order valence-electron chi connectivity index (χ0n) is 10.7. The second kappa shape index (κ2) is 5.38. The molecule has 3 rings (SSSR count). The fraction of sp³-hybridized carbons (Fsp3) is 0. The quantitative estimate of drug-likeness (QED) is 0.797. The minimum absolute atomic E-state index is 0.0360. The monoisotopic (exact) mass is 300 g/mol. The van der Waals surface area contributed by atoms with Crippen LogP contribution in [0.4, 0.5) is 0 Å². The highest BCUT2D eigenvalue weighted by molar-refractivity contribution is 6.34. The van der Waals surface area contributed by atoms with Gasteiger partial charge in [0.1, 0.15) is 10.8 Å². The number of pyridine rings is 2. The van der Waals surface area contributed by atoms with Gasteiger partial charge in [-0.2, -0.15) is 0 Å². The van der Waals surface area contributed by atoms with Gasteiger partial charge in [-0.15, -0.1) is 0 Å². The first kappa shape index (κ1) is 13.3. The summed E-state index contributed by atoms with van der Waals surface area (Å²) in [5.41, 5.74) is 0.709. The van der Waals surface area contributed by atoms with E-state index in [4.69, 9.17) is 21.4 Å². The van der Waals surface area contributed by atoms with E-state index in [9.17, 15) is 4.79 Å². The average Bonchev–Trinajstić information content (AvgIpc) is 2.49. The number of rotatable bonds is 3. The number of hydrogen-bond acceptors (Lipinski definition) is 4. The minimum Gasteiger partial charge on any atom is -0.478 e. The Kier molecular flexibility index (Phi) is 3.41. The molecule has 104 valence electrons. The number of carboxylic acids is 1. The van der Waals surface area contributed by atoms with Gasteiger partial charge in [0.15, 0.2) is 0 Å². The largest absolute Gasteiger partial charge is 0.478 e. The molecule has 2 heterocycles. The van der Waals surface area contributed by atoms with Gasteiger partial charge in [-0.3, -0.25) is 4.98 Å². The van der Waals surface area contributed by atoms with E-state index >= 15 is 0 Å². The number of carboxylic acid groups (broad SMARTS) is 1. The van der Waals surface area contributed by atoms with Crippen molar-refractivity contribution in [2.24, 2.45) is 0 Å². The fourth-order valence-corrected chi connectivity index (χ4v) is 2.11. The minimum atomic E-state index is -1.13. The normalized spacial score (nSPS) is 10.5. The zero-order chi connectivity index (χ0) is 14.8. The molecule has 0 atom stereocenters. The summed E-state index contributed by atoms with van der Waals surface area (Å²) in [6.07, 6.45) is 3.02. The van der Waals surface area contributed by atoms with Crippen LogP contribution in [0, 0.1) is 0 Å². The summed E-state index contributed by atoms with van der Waals surface area (Å²) in [5, 5.41) is 9.96.